The molecule has 0 rings (SSSR count). The van der Waals surface area contributed by atoms with E-state index in [1.807, 2.05) is 0 Å². The molecule has 1 nitrogen and oxygen atoms in total. The maximum absolute atomic E-state index is 4.71. The molecule has 0 saturated carbocycles. The van der Waals surface area contributed by atoms with E-state index in [4.69, 9.17) is 5.73 Å². The number of nitrogens with two attached hydrogens (primary N) is 1. The summed E-state index contributed by atoms with van der Waals surface area (Å²) in [5, 5.41) is 0. The van der Waals surface area contributed by atoms with Crippen LogP contribution in [0.4, 0.5) is 0 Å². The van der Waals surface area contributed by atoms with Crippen LogP contribution in [0, 0.1) is 0 Å². The summed E-state index contributed by atoms with van der Waals surface area (Å²) < 4.78 is 0.194. The molecule has 0 atom stereocenters. The van der Waals surface area contributed by atoms with Crippen molar-refractivity contribution in [1.29, 1.82) is 0 Å². The van der Waals surface area contributed by atoms with Gasteiger partial charge in [-0.1, -0.05) is 12.2 Å². The molecule has 0 aliphatic carbocycles. The molecular formula is CH3AgNS2. The van der Waals surface area contributed by atoms with Crippen molar-refractivity contribution < 1.29 is 22.4 Å². The average Bonchev–Trinajstić information content (AvgIpc) is 0.811. The van der Waals surface area contributed by atoms with Gasteiger partial charge in [-0.2, -0.15) is 0 Å². The quantitative estimate of drug-likeness (QED) is 0.331. The molecule has 0 aromatic rings. The molecule has 0 amide bonds. The van der Waals surface area contributed by atoms with Crippen molar-refractivity contribution in [1.82, 2.24) is 0 Å². The van der Waals surface area contributed by atoms with Gasteiger partial charge in [0.05, 0.1) is 0 Å². The Kier molecular flexibility index (Phi) is 9.33. The van der Waals surface area contributed by atoms with Crippen molar-refractivity contribution in [2.24, 2.45) is 5.73 Å². The van der Waals surface area contributed by atoms with Gasteiger partial charge in [0.15, 0.2) is 0 Å². The minimum absolute atomic E-state index is 0. The summed E-state index contributed by atoms with van der Waals surface area (Å²) in [5.41, 5.74) is 4.71. The zero-order valence-electron chi connectivity index (χ0n) is 2.23. The zero-order valence-corrected chi connectivity index (χ0v) is 5.43. The van der Waals surface area contributed by atoms with Crippen LogP contribution in [0.2, 0.25) is 0 Å². The molecule has 0 saturated heterocycles. The predicted molar refractivity (Wildman–Crippen MR) is 25.8 cm³/mol. The van der Waals surface area contributed by atoms with Crippen LogP contribution in [-0.2, 0) is 22.4 Å². The van der Waals surface area contributed by atoms with Gasteiger partial charge in [-0.3, -0.25) is 0 Å². The first-order chi connectivity index (χ1) is 1.73. The Morgan fingerprint density at radius 2 is 1.80 bits per heavy atom. The third-order valence-corrected chi connectivity index (χ3v) is 0. The van der Waals surface area contributed by atoms with Gasteiger partial charge in [-0.25, -0.2) is 0 Å². The SMILES string of the molecule is NC(=S)S.[Ag]. The van der Waals surface area contributed by atoms with E-state index in [9.17, 15) is 0 Å². The van der Waals surface area contributed by atoms with Gasteiger partial charge in [0.25, 0.3) is 0 Å². The van der Waals surface area contributed by atoms with Crippen LogP contribution in [0.3, 0.4) is 0 Å². The van der Waals surface area contributed by atoms with Crippen molar-refractivity contribution in [3.05, 3.63) is 0 Å². The van der Waals surface area contributed by atoms with Gasteiger partial charge < -0.3 is 5.73 Å². The number of thiocarbonyl (C=S) groups is 1. The van der Waals surface area contributed by atoms with Crippen LogP contribution in [0.25, 0.3) is 0 Å². The molecule has 0 unspecified atom stereocenters. The van der Waals surface area contributed by atoms with E-state index in [1.54, 1.807) is 0 Å². The first-order valence-electron chi connectivity index (χ1n) is 0.716. The first-order valence-corrected chi connectivity index (χ1v) is 1.57. The van der Waals surface area contributed by atoms with Crippen LogP contribution >= 0.6 is 24.8 Å². The second-order valence-corrected chi connectivity index (χ2v) is 1.56. The van der Waals surface area contributed by atoms with Gasteiger partial charge in [0.2, 0.25) is 0 Å². The maximum Gasteiger partial charge on any atom is 0.128 e. The Balaban J connectivity index is 0. The molecule has 0 fully saturated rings. The Bertz CT molecular complexity index is 32.6. The molecule has 4 heteroatoms. The van der Waals surface area contributed by atoms with Gasteiger partial charge in [-0.05, 0) is 0 Å². The van der Waals surface area contributed by atoms with E-state index < -0.39 is 0 Å². The summed E-state index contributed by atoms with van der Waals surface area (Å²) >= 11 is 7.65. The summed E-state index contributed by atoms with van der Waals surface area (Å²) in [7, 11) is 0. The van der Waals surface area contributed by atoms with Crippen LogP contribution in [-0.4, -0.2) is 4.32 Å². The summed E-state index contributed by atoms with van der Waals surface area (Å²) in [4.78, 5) is 0. The Labute approximate surface area is 57.2 Å². The summed E-state index contributed by atoms with van der Waals surface area (Å²) in [5.74, 6) is 0. The minimum Gasteiger partial charge on any atom is -0.385 e. The molecule has 2 N–H and O–H groups in total. The van der Waals surface area contributed by atoms with Crippen molar-refractivity contribution in [3.8, 4) is 0 Å². The van der Waals surface area contributed by atoms with Crippen LogP contribution < -0.4 is 5.73 Å². The van der Waals surface area contributed by atoms with Gasteiger partial charge in [0.1, 0.15) is 4.32 Å². The standard InChI is InChI=1S/CH3NS2.Ag/c2-1(3)4;/h(H3,2,3,4);. The second-order valence-electron chi connectivity index (χ2n) is 0.338. The van der Waals surface area contributed by atoms with Crippen molar-refractivity contribution in [3.63, 3.8) is 0 Å². The Morgan fingerprint density at radius 1 is 1.80 bits per heavy atom. The number of rotatable bonds is 0. The molecule has 1 radical (unpaired) electrons. The van der Waals surface area contributed by atoms with Crippen LogP contribution in [0.15, 0.2) is 0 Å². The van der Waals surface area contributed by atoms with E-state index in [-0.39, 0.29) is 26.7 Å². The first kappa shape index (κ1) is 9.36. The van der Waals surface area contributed by atoms with Crippen LogP contribution in [0.5, 0.6) is 0 Å². The molecule has 0 aliphatic rings. The van der Waals surface area contributed by atoms with E-state index in [1.165, 1.54) is 0 Å². The maximum atomic E-state index is 4.71. The summed E-state index contributed by atoms with van der Waals surface area (Å²) in [6, 6.07) is 0. The normalized spacial score (nSPS) is 5.00. The molecule has 0 aliphatic heterocycles. The summed E-state index contributed by atoms with van der Waals surface area (Å²) in [6.07, 6.45) is 0. The monoisotopic (exact) mass is 200 g/mol. The van der Waals surface area contributed by atoms with Crippen molar-refractivity contribution >= 4 is 29.2 Å². The fourth-order valence-corrected chi connectivity index (χ4v) is 0. The Morgan fingerprint density at radius 3 is 1.80 bits per heavy atom. The minimum atomic E-state index is 0. The molecule has 0 bridgehead atoms. The third kappa shape index (κ3) is 46.0. The average molecular weight is 201 g/mol. The molecule has 35 valence electrons. The van der Waals surface area contributed by atoms with E-state index in [2.05, 4.69) is 24.8 Å². The Hall–Kier alpha value is 0.980. The van der Waals surface area contributed by atoms with Crippen LogP contribution in [0.1, 0.15) is 0 Å². The summed E-state index contributed by atoms with van der Waals surface area (Å²) in [6.45, 7) is 0. The molecule has 0 spiro atoms. The second kappa shape index (κ2) is 4.98. The number of hydrogen-bond acceptors (Lipinski definition) is 1. The molecule has 0 aromatic carbocycles. The molecule has 0 aromatic heterocycles. The fraction of sp³-hybridized carbons (Fsp3) is 0. The molecule has 5 heavy (non-hydrogen) atoms. The van der Waals surface area contributed by atoms with E-state index >= 15 is 0 Å². The zero-order chi connectivity index (χ0) is 3.58. The number of hydrogen-bond donors (Lipinski definition) is 2. The van der Waals surface area contributed by atoms with Gasteiger partial charge in [-0.15, -0.1) is 12.6 Å². The molecule has 0 heterocycles. The van der Waals surface area contributed by atoms with Crippen molar-refractivity contribution in [2.45, 2.75) is 0 Å². The largest absolute Gasteiger partial charge is 0.385 e. The number of thiol groups is 1. The van der Waals surface area contributed by atoms with Gasteiger partial charge >= 0.3 is 0 Å². The van der Waals surface area contributed by atoms with Gasteiger partial charge in [0, 0.05) is 22.4 Å². The van der Waals surface area contributed by atoms with E-state index in [0.29, 0.717) is 0 Å². The molecular weight excluding hydrogens is 198 g/mol. The van der Waals surface area contributed by atoms with Crippen molar-refractivity contribution in [2.75, 3.05) is 0 Å². The smallest absolute Gasteiger partial charge is 0.128 e. The van der Waals surface area contributed by atoms with E-state index in [0.717, 1.165) is 0 Å². The topological polar surface area (TPSA) is 26.0 Å². The fourth-order valence-electron chi connectivity index (χ4n) is 0. The predicted octanol–water partition coefficient (Wildman–Crippen LogP) is 0.157. The third-order valence-electron chi connectivity index (χ3n) is 0.